The van der Waals surface area contributed by atoms with Crippen molar-refractivity contribution >= 4 is 17.1 Å². The highest BCUT2D eigenvalue weighted by molar-refractivity contribution is 5.86. The molecule has 1 heteroatoms. The van der Waals surface area contributed by atoms with Crippen molar-refractivity contribution < 1.29 is 0 Å². The van der Waals surface area contributed by atoms with E-state index in [4.69, 9.17) is 0 Å². The van der Waals surface area contributed by atoms with Gasteiger partial charge in [0.2, 0.25) is 0 Å². The number of benzene rings is 3. The van der Waals surface area contributed by atoms with Crippen LogP contribution >= 0.6 is 0 Å². The van der Waals surface area contributed by atoms with E-state index in [1.807, 2.05) is 0 Å². The van der Waals surface area contributed by atoms with E-state index in [0.29, 0.717) is 0 Å². The van der Waals surface area contributed by atoms with Gasteiger partial charge in [0.05, 0.1) is 11.4 Å². The van der Waals surface area contributed by atoms with Gasteiger partial charge < -0.3 is 4.90 Å². The molecule has 0 aliphatic carbocycles. The SMILES string of the molecule is CC(C)(C)c1ccc2c(c1)N(c1ccccc1)c1ccccc1C2(C)C. The van der Waals surface area contributed by atoms with Crippen LogP contribution in [-0.2, 0) is 10.8 Å². The molecule has 0 saturated heterocycles. The Morgan fingerprint density at radius 1 is 0.692 bits per heavy atom. The molecule has 0 N–H and O–H groups in total. The molecule has 0 spiro atoms. The average molecular weight is 341 g/mol. The van der Waals surface area contributed by atoms with Gasteiger partial charge in [-0.1, -0.05) is 83.1 Å². The van der Waals surface area contributed by atoms with Crippen LogP contribution < -0.4 is 4.90 Å². The molecule has 0 unspecified atom stereocenters. The van der Waals surface area contributed by atoms with Gasteiger partial charge in [-0.05, 0) is 46.4 Å². The lowest BCUT2D eigenvalue weighted by molar-refractivity contribution is 0.586. The minimum absolute atomic E-state index is 0.0202. The fraction of sp³-hybridized carbons (Fsp3) is 0.280. The van der Waals surface area contributed by atoms with Crippen LogP contribution in [0.5, 0.6) is 0 Å². The zero-order valence-electron chi connectivity index (χ0n) is 16.4. The highest BCUT2D eigenvalue weighted by Gasteiger charge is 2.37. The van der Waals surface area contributed by atoms with E-state index in [-0.39, 0.29) is 10.8 Å². The maximum Gasteiger partial charge on any atom is 0.0505 e. The lowest BCUT2D eigenvalue weighted by Gasteiger charge is -2.42. The zero-order chi connectivity index (χ0) is 18.5. The lowest BCUT2D eigenvalue weighted by atomic mass is 9.72. The monoisotopic (exact) mass is 341 g/mol. The Bertz CT molecular complexity index is 945. The second-order valence-corrected chi connectivity index (χ2v) is 8.80. The lowest BCUT2D eigenvalue weighted by Crippen LogP contribution is -2.31. The van der Waals surface area contributed by atoms with E-state index in [1.54, 1.807) is 0 Å². The Morgan fingerprint density at radius 3 is 2.00 bits per heavy atom. The molecule has 1 heterocycles. The molecule has 26 heavy (non-hydrogen) atoms. The molecule has 1 aliphatic rings. The van der Waals surface area contributed by atoms with E-state index < -0.39 is 0 Å². The normalized spacial score (nSPS) is 15.3. The Labute approximate surface area is 157 Å². The molecule has 132 valence electrons. The van der Waals surface area contributed by atoms with Crippen LogP contribution in [0.2, 0.25) is 0 Å². The van der Waals surface area contributed by atoms with Gasteiger partial charge in [0.15, 0.2) is 0 Å². The van der Waals surface area contributed by atoms with Gasteiger partial charge in [0.25, 0.3) is 0 Å². The molecule has 0 aromatic heterocycles. The summed E-state index contributed by atoms with van der Waals surface area (Å²) >= 11 is 0. The second kappa shape index (κ2) is 5.74. The minimum atomic E-state index is -0.0202. The summed E-state index contributed by atoms with van der Waals surface area (Å²) in [5.41, 5.74) is 8.02. The van der Waals surface area contributed by atoms with Crippen molar-refractivity contribution in [3.05, 3.63) is 89.5 Å². The van der Waals surface area contributed by atoms with Crippen LogP contribution in [0.15, 0.2) is 72.8 Å². The summed E-state index contributed by atoms with van der Waals surface area (Å²) in [6.07, 6.45) is 0. The molecule has 3 aromatic rings. The molecule has 0 fully saturated rings. The number of nitrogens with zero attached hydrogens (tertiary/aromatic N) is 1. The van der Waals surface area contributed by atoms with Gasteiger partial charge in [0.1, 0.15) is 0 Å². The first kappa shape index (κ1) is 16.9. The third kappa shape index (κ3) is 2.54. The second-order valence-electron chi connectivity index (χ2n) is 8.80. The summed E-state index contributed by atoms with van der Waals surface area (Å²) in [6.45, 7) is 11.5. The summed E-state index contributed by atoms with van der Waals surface area (Å²) in [5.74, 6) is 0. The fourth-order valence-corrected chi connectivity index (χ4v) is 4.04. The van der Waals surface area contributed by atoms with Crippen molar-refractivity contribution in [2.24, 2.45) is 0 Å². The van der Waals surface area contributed by atoms with Crippen LogP contribution in [0.1, 0.15) is 51.3 Å². The maximum absolute atomic E-state index is 2.42. The van der Waals surface area contributed by atoms with Gasteiger partial charge in [-0.15, -0.1) is 0 Å². The van der Waals surface area contributed by atoms with Crippen LogP contribution in [0.25, 0.3) is 0 Å². The van der Waals surface area contributed by atoms with Crippen molar-refractivity contribution in [3.63, 3.8) is 0 Å². The first-order valence-electron chi connectivity index (χ1n) is 9.40. The van der Waals surface area contributed by atoms with Gasteiger partial charge in [-0.25, -0.2) is 0 Å². The first-order chi connectivity index (χ1) is 12.3. The number of fused-ring (bicyclic) bond motifs is 2. The summed E-state index contributed by atoms with van der Waals surface area (Å²) in [7, 11) is 0. The molecule has 0 amide bonds. The van der Waals surface area contributed by atoms with Crippen LogP contribution in [0, 0.1) is 0 Å². The van der Waals surface area contributed by atoms with Gasteiger partial charge in [-0.3, -0.25) is 0 Å². The smallest absolute Gasteiger partial charge is 0.0505 e. The molecular weight excluding hydrogens is 314 g/mol. The van der Waals surface area contributed by atoms with Gasteiger partial charge in [0, 0.05) is 11.1 Å². The Kier molecular flexibility index (Phi) is 3.73. The first-order valence-corrected chi connectivity index (χ1v) is 9.40. The largest absolute Gasteiger partial charge is 0.310 e. The van der Waals surface area contributed by atoms with Crippen molar-refractivity contribution in [1.29, 1.82) is 0 Å². The number of hydrogen-bond acceptors (Lipinski definition) is 1. The average Bonchev–Trinajstić information content (AvgIpc) is 2.62. The summed E-state index contributed by atoms with van der Waals surface area (Å²) < 4.78 is 0. The fourth-order valence-electron chi connectivity index (χ4n) is 4.04. The number of rotatable bonds is 1. The topological polar surface area (TPSA) is 3.24 Å². The van der Waals surface area contributed by atoms with Crippen molar-refractivity contribution in [2.75, 3.05) is 4.90 Å². The molecule has 4 rings (SSSR count). The predicted octanol–water partition coefficient (Wildman–Crippen LogP) is 7.09. The Hall–Kier alpha value is -2.54. The Morgan fingerprint density at radius 2 is 1.31 bits per heavy atom. The summed E-state index contributed by atoms with van der Waals surface area (Å²) in [6, 6.07) is 26.5. The van der Waals surface area contributed by atoms with E-state index in [2.05, 4.69) is 112 Å². The highest BCUT2D eigenvalue weighted by Crippen LogP contribution is 2.52. The van der Waals surface area contributed by atoms with Gasteiger partial charge in [-0.2, -0.15) is 0 Å². The molecule has 1 nitrogen and oxygen atoms in total. The summed E-state index contributed by atoms with van der Waals surface area (Å²) in [5, 5.41) is 0. The number of hydrogen-bond donors (Lipinski definition) is 0. The predicted molar refractivity (Wildman–Crippen MR) is 112 cm³/mol. The van der Waals surface area contributed by atoms with E-state index in [1.165, 1.54) is 33.8 Å². The van der Waals surface area contributed by atoms with E-state index in [9.17, 15) is 0 Å². The molecular formula is C25H27N. The molecule has 0 radical (unpaired) electrons. The minimum Gasteiger partial charge on any atom is -0.310 e. The highest BCUT2D eigenvalue weighted by atomic mass is 15.2. The third-order valence-corrected chi connectivity index (χ3v) is 5.61. The van der Waals surface area contributed by atoms with Crippen molar-refractivity contribution in [1.82, 2.24) is 0 Å². The van der Waals surface area contributed by atoms with Crippen molar-refractivity contribution in [3.8, 4) is 0 Å². The molecule has 0 bridgehead atoms. The number of para-hydroxylation sites is 2. The standard InChI is InChI=1S/C25H27N/c1-24(2,3)18-15-16-21-23(17-18)26(19-11-7-6-8-12-19)22-14-10-9-13-20(22)25(21,4)5/h6-17H,1-5H3. The van der Waals surface area contributed by atoms with Crippen LogP contribution in [-0.4, -0.2) is 0 Å². The third-order valence-electron chi connectivity index (χ3n) is 5.61. The molecule has 0 atom stereocenters. The molecule has 3 aromatic carbocycles. The maximum atomic E-state index is 2.42. The quantitative estimate of drug-likeness (QED) is 0.456. The van der Waals surface area contributed by atoms with E-state index >= 15 is 0 Å². The number of anilines is 3. The van der Waals surface area contributed by atoms with E-state index in [0.717, 1.165) is 0 Å². The Balaban J connectivity index is 2.04. The molecule has 1 aliphatic heterocycles. The zero-order valence-corrected chi connectivity index (χ0v) is 16.4. The molecule has 0 saturated carbocycles. The van der Waals surface area contributed by atoms with Crippen LogP contribution in [0.3, 0.4) is 0 Å². The van der Waals surface area contributed by atoms with Gasteiger partial charge >= 0.3 is 0 Å². The van der Waals surface area contributed by atoms with Crippen molar-refractivity contribution in [2.45, 2.75) is 45.4 Å². The summed E-state index contributed by atoms with van der Waals surface area (Å²) in [4.78, 5) is 2.42. The van der Waals surface area contributed by atoms with Crippen LogP contribution in [0.4, 0.5) is 17.1 Å².